The zero-order chi connectivity index (χ0) is 15.6. The Labute approximate surface area is 122 Å². The van der Waals surface area contributed by atoms with Crippen LogP contribution in [0.2, 0.25) is 0 Å². The molecule has 0 saturated heterocycles. The summed E-state index contributed by atoms with van der Waals surface area (Å²) >= 11 is -5.55. The van der Waals surface area contributed by atoms with E-state index in [1.807, 2.05) is 0 Å². The van der Waals surface area contributed by atoms with E-state index in [4.69, 9.17) is 0 Å². The molecule has 2 aromatic rings. The molecular formula is C12H9N2O6Sb. The van der Waals surface area contributed by atoms with Gasteiger partial charge in [-0.2, -0.15) is 0 Å². The molecule has 0 aliphatic rings. The van der Waals surface area contributed by atoms with Gasteiger partial charge in [-0.3, -0.25) is 0 Å². The van der Waals surface area contributed by atoms with Crippen LogP contribution in [0.25, 0.3) is 0 Å². The first-order chi connectivity index (χ1) is 9.85. The van der Waals surface area contributed by atoms with E-state index in [1.165, 1.54) is 24.3 Å². The van der Waals surface area contributed by atoms with E-state index >= 15 is 0 Å². The average molecular weight is 399 g/mol. The number of hydrogen-bond donors (Lipinski definition) is 1. The van der Waals surface area contributed by atoms with Crippen molar-refractivity contribution in [1.82, 2.24) is 0 Å². The molecule has 21 heavy (non-hydrogen) atoms. The first-order valence-corrected chi connectivity index (χ1v) is 10.4. The Kier molecular flexibility index (Phi) is 4.11. The molecule has 108 valence electrons. The van der Waals surface area contributed by atoms with Crippen LogP contribution in [-0.2, 0) is 3.02 Å². The fraction of sp³-hybridized carbons (Fsp3) is 0. The Morgan fingerprint density at radius 2 is 1.14 bits per heavy atom. The Bertz CT molecular complexity index is 714. The summed E-state index contributed by atoms with van der Waals surface area (Å²) in [5.74, 6) is 0. The average Bonchev–Trinajstić information content (AvgIpc) is 2.47. The molecule has 8 nitrogen and oxygen atoms in total. The molecule has 0 radical (unpaired) electrons. The zero-order valence-corrected chi connectivity index (χ0v) is 13.0. The van der Waals surface area contributed by atoms with Gasteiger partial charge in [0.2, 0.25) is 0 Å². The van der Waals surface area contributed by atoms with Crippen LogP contribution in [0.5, 0.6) is 0 Å². The summed E-state index contributed by atoms with van der Waals surface area (Å²) < 4.78 is 22.4. The predicted molar refractivity (Wildman–Crippen MR) is 74.1 cm³/mol. The normalized spacial score (nSPS) is 11.1. The Morgan fingerprint density at radius 3 is 1.48 bits per heavy atom. The van der Waals surface area contributed by atoms with Gasteiger partial charge in [0, 0.05) is 0 Å². The minimum absolute atomic E-state index is 0.352. The number of nitro benzene ring substituents is 2. The van der Waals surface area contributed by atoms with Gasteiger partial charge in [-0.1, -0.05) is 0 Å². The summed E-state index contributed by atoms with van der Waals surface area (Å²) in [4.78, 5) is 20.4. The SMILES string of the molecule is O=[N+]([O-])c1cccc[c]1[Sb](=[O])([OH])[c]1ccccc1[N+](=O)[O-]. The quantitative estimate of drug-likeness (QED) is 0.453. The fourth-order valence-electron chi connectivity index (χ4n) is 1.88. The standard InChI is InChI=1S/2C6H4NO2.H2O.O.Sb/c2*8-7(9)6-4-2-1-3-5-6;;;/h2*1-4H;1H2;;/q;;;;+1/p-1. The van der Waals surface area contributed by atoms with Crippen LogP contribution in [0.15, 0.2) is 48.5 Å². The van der Waals surface area contributed by atoms with Gasteiger partial charge in [-0.15, -0.1) is 0 Å². The molecule has 9 heteroatoms. The third-order valence-corrected chi connectivity index (χ3v) is 8.70. The van der Waals surface area contributed by atoms with Gasteiger partial charge in [0.15, 0.2) is 0 Å². The second-order valence-corrected chi connectivity index (χ2v) is 10.1. The predicted octanol–water partition coefficient (Wildman–Crippen LogP) is 0.482. The van der Waals surface area contributed by atoms with Crippen LogP contribution in [0.1, 0.15) is 0 Å². The van der Waals surface area contributed by atoms with E-state index in [1.54, 1.807) is 0 Å². The maximum atomic E-state index is 12.7. The summed E-state index contributed by atoms with van der Waals surface area (Å²) in [6, 6.07) is 10.0. The van der Waals surface area contributed by atoms with E-state index in [0.717, 1.165) is 24.3 Å². The van der Waals surface area contributed by atoms with Gasteiger partial charge in [0.25, 0.3) is 0 Å². The molecule has 0 fully saturated rings. The molecule has 1 N–H and O–H groups in total. The second-order valence-electron chi connectivity index (χ2n) is 4.07. The van der Waals surface area contributed by atoms with Crippen molar-refractivity contribution < 1.29 is 16.2 Å². The van der Waals surface area contributed by atoms with Crippen LogP contribution in [0.4, 0.5) is 11.4 Å². The van der Waals surface area contributed by atoms with Crippen LogP contribution in [-0.4, -0.2) is 32.4 Å². The topological polar surface area (TPSA) is 124 Å². The number of rotatable bonds is 4. The molecule has 0 heterocycles. The molecule has 0 atom stereocenters. The Morgan fingerprint density at radius 1 is 0.810 bits per heavy atom. The van der Waals surface area contributed by atoms with E-state index < -0.39 is 40.4 Å². The molecule has 2 aromatic carbocycles. The van der Waals surface area contributed by atoms with Crippen LogP contribution in [0, 0.1) is 20.2 Å². The van der Waals surface area contributed by atoms with Crippen molar-refractivity contribution >= 4 is 37.6 Å². The molecule has 0 spiro atoms. The van der Waals surface area contributed by atoms with Gasteiger partial charge in [0.1, 0.15) is 0 Å². The second kappa shape index (κ2) is 5.67. The number of para-hydroxylation sites is 2. The van der Waals surface area contributed by atoms with Crippen molar-refractivity contribution in [2.75, 3.05) is 0 Å². The molecule has 0 bridgehead atoms. The van der Waals surface area contributed by atoms with Gasteiger partial charge in [-0.05, 0) is 0 Å². The van der Waals surface area contributed by atoms with E-state index in [9.17, 15) is 26.6 Å². The maximum absolute atomic E-state index is 12.7. The van der Waals surface area contributed by atoms with E-state index in [2.05, 4.69) is 0 Å². The van der Waals surface area contributed by atoms with Crippen molar-refractivity contribution in [3.8, 4) is 0 Å². The summed E-state index contributed by atoms with van der Waals surface area (Å²) in [7, 11) is 0. The van der Waals surface area contributed by atoms with Crippen molar-refractivity contribution in [1.29, 1.82) is 0 Å². The number of benzene rings is 2. The fourth-order valence-corrected chi connectivity index (χ4v) is 6.93. The summed E-state index contributed by atoms with van der Waals surface area (Å²) in [5.41, 5.74) is -1.03. The van der Waals surface area contributed by atoms with Crippen molar-refractivity contribution in [3.05, 3.63) is 68.8 Å². The number of hydrogen-bond acceptors (Lipinski definition) is 5. The first-order valence-electron chi connectivity index (χ1n) is 5.66. The molecule has 0 unspecified atom stereocenters. The molecule has 0 aromatic heterocycles. The first kappa shape index (κ1) is 15.2. The third-order valence-electron chi connectivity index (χ3n) is 2.81. The van der Waals surface area contributed by atoms with Crippen molar-refractivity contribution in [2.24, 2.45) is 0 Å². The third kappa shape index (κ3) is 2.81. The van der Waals surface area contributed by atoms with Crippen LogP contribution in [0.3, 0.4) is 0 Å². The monoisotopic (exact) mass is 398 g/mol. The summed E-state index contributed by atoms with van der Waals surface area (Å²) in [5, 5.41) is 21.9. The summed E-state index contributed by atoms with van der Waals surface area (Å²) in [6.45, 7) is 0. The van der Waals surface area contributed by atoms with Crippen molar-refractivity contribution in [3.63, 3.8) is 0 Å². The van der Waals surface area contributed by atoms with E-state index in [-0.39, 0.29) is 7.02 Å². The van der Waals surface area contributed by atoms with Crippen LogP contribution < -0.4 is 7.02 Å². The zero-order valence-electron chi connectivity index (χ0n) is 10.4. The number of nitro groups is 2. The molecule has 0 aliphatic heterocycles. The molecule has 0 amide bonds. The number of nitrogens with zero attached hydrogens (tertiary/aromatic N) is 2. The Balaban J connectivity index is 2.72. The van der Waals surface area contributed by atoms with Gasteiger partial charge in [0.05, 0.1) is 0 Å². The molecule has 0 aliphatic carbocycles. The van der Waals surface area contributed by atoms with Crippen LogP contribution >= 0.6 is 0 Å². The van der Waals surface area contributed by atoms with Gasteiger partial charge >= 0.3 is 123 Å². The summed E-state index contributed by atoms with van der Waals surface area (Å²) in [6.07, 6.45) is 0. The Hall–Kier alpha value is -2.18. The minimum atomic E-state index is -5.55. The van der Waals surface area contributed by atoms with Gasteiger partial charge < -0.3 is 0 Å². The molecule has 0 saturated carbocycles. The van der Waals surface area contributed by atoms with E-state index in [0.29, 0.717) is 0 Å². The van der Waals surface area contributed by atoms with Gasteiger partial charge in [-0.25, -0.2) is 0 Å². The van der Waals surface area contributed by atoms with Crippen molar-refractivity contribution in [2.45, 2.75) is 0 Å². The molecular weight excluding hydrogens is 390 g/mol. The molecule has 2 rings (SSSR count).